The van der Waals surface area contributed by atoms with E-state index in [2.05, 4.69) is 15.6 Å². The Bertz CT molecular complexity index is 910. The van der Waals surface area contributed by atoms with Gasteiger partial charge in [0.05, 0.1) is 13.1 Å². The summed E-state index contributed by atoms with van der Waals surface area (Å²) >= 11 is 0. The van der Waals surface area contributed by atoms with Crippen LogP contribution in [0.3, 0.4) is 0 Å². The van der Waals surface area contributed by atoms with Gasteiger partial charge in [0.15, 0.2) is 6.10 Å². The fraction of sp³-hybridized carbons (Fsp3) is 0.571. The highest BCUT2D eigenvalue weighted by molar-refractivity contribution is 5.81. The van der Waals surface area contributed by atoms with Crippen LogP contribution < -0.4 is 10.6 Å². The van der Waals surface area contributed by atoms with Gasteiger partial charge >= 0.3 is 6.03 Å². The number of hydrogen-bond donors (Lipinski definition) is 2. The minimum absolute atomic E-state index is 0.0676. The maximum atomic E-state index is 12.8. The predicted octanol–water partition coefficient (Wildman–Crippen LogP) is 1.91. The maximum Gasteiger partial charge on any atom is 0.317 e. The van der Waals surface area contributed by atoms with Gasteiger partial charge < -0.3 is 29.3 Å². The highest BCUT2D eigenvalue weighted by Crippen LogP contribution is 2.40. The summed E-state index contributed by atoms with van der Waals surface area (Å²) < 4.78 is 13.9. The molecule has 4 heterocycles. The zero-order valence-corrected chi connectivity index (χ0v) is 17.7. The van der Waals surface area contributed by atoms with Gasteiger partial charge in [0.1, 0.15) is 22.9 Å². The number of fused-ring (bicyclic) bond motifs is 2. The predicted molar refractivity (Wildman–Crippen MR) is 109 cm³/mol. The van der Waals surface area contributed by atoms with Gasteiger partial charge in [-0.15, -0.1) is 0 Å². The van der Waals surface area contributed by atoms with Gasteiger partial charge in [-0.05, 0) is 32.9 Å². The minimum Gasteiger partial charge on any atom is -0.465 e. The molecule has 2 aromatic heterocycles. The van der Waals surface area contributed by atoms with Crippen molar-refractivity contribution in [2.24, 2.45) is 0 Å². The van der Waals surface area contributed by atoms with Crippen molar-refractivity contribution >= 4 is 11.9 Å². The van der Waals surface area contributed by atoms with Crippen LogP contribution in [0.1, 0.15) is 44.0 Å². The Hall–Kier alpha value is -2.81. The number of furan rings is 1. The summed E-state index contributed by atoms with van der Waals surface area (Å²) in [5, 5.41) is 5.84. The molecule has 2 aromatic rings. The van der Waals surface area contributed by atoms with Gasteiger partial charge in [-0.2, -0.15) is 0 Å². The first kappa shape index (κ1) is 20.5. The Morgan fingerprint density at radius 1 is 1.30 bits per heavy atom. The third kappa shape index (κ3) is 4.07. The number of nitrogens with one attached hydrogen (secondary N) is 2. The van der Waals surface area contributed by atoms with Crippen molar-refractivity contribution in [1.82, 2.24) is 25.1 Å². The zero-order valence-electron chi connectivity index (χ0n) is 17.7. The van der Waals surface area contributed by atoms with E-state index in [1.807, 2.05) is 43.7 Å². The second-order valence-corrected chi connectivity index (χ2v) is 8.33. The van der Waals surface area contributed by atoms with Gasteiger partial charge in [-0.25, -0.2) is 9.78 Å². The number of carbonyl (C=O) groups excluding carboxylic acids is 2. The van der Waals surface area contributed by atoms with Crippen LogP contribution >= 0.6 is 0 Å². The Labute approximate surface area is 175 Å². The molecule has 9 nitrogen and oxygen atoms in total. The van der Waals surface area contributed by atoms with Gasteiger partial charge in [0.25, 0.3) is 5.91 Å². The summed E-state index contributed by atoms with van der Waals surface area (Å²) in [7, 11) is 0. The molecule has 0 bridgehead atoms. The SMILES string of the molecule is Cc1ccc(CNC(=O)C2Cn3ccnc3C3(CCN(C(=O)NC(C)C)CC3)O2)o1. The summed E-state index contributed by atoms with van der Waals surface area (Å²) in [5.41, 5.74) is -0.667. The summed E-state index contributed by atoms with van der Waals surface area (Å²) in [6.45, 7) is 7.58. The number of urea groups is 1. The lowest BCUT2D eigenvalue weighted by molar-refractivity contribution is -0.172. The van der Waals surface area contributed by atoms with Crippen LogP contribution in [0.2, 0.25) is 0 Å². The van der Waals surface area contributed by atoms with E-state index in [9.17, 15) is 9.59 Å². The number of aromatic nitrogens is 2. The number of amides is 3. The number of hydrogen-bond acceptors (Lipinski definition) is 5. The van der Waals surface area contributed by atoms with E-state index in [4.69, 9.17) is 9.15 Å². The molecule has 0 radical (unpaired) electrons. The largest absolute Gasteiger partial charge is 0.465 e. The monoisotopic (exact) mass is 415 g/mol. The molecule has 0 aromatic carbocycles. The molecule has 0 aliphatic carbocycles. The number of ether oxygens (including phenoxy) is 1. The molecule has 1 unspecified atom stereocenters. The quantitative estimate of drug-likeness (QED) is 0.794. The number of rotatable bonds is 4. The molecular formula is C21H29N5O4. The summed E-state index contributed by atoms with van der Waals surface area (Å²) in [4.78, 5) is 31.5. The Morgan fingerprint density at radius 3 is 2.73 bits per heavy atom. The molecular weight excluding hydrogens is 386 g/mol. The smallest absolute Gasteiger partial charge is 0.317 e. The van der Waals surface area contributed by atoms with Crippen molar-refractivity contribution in [2.45, 2.75) is 64.4 Å². The molecule has 1 atom stereocenters. The fourth-order valence-electron chi connectivity index (χ4n) is 4.15. The topological polar surface area (TPSA) is 102 Å². The van der Waals surface area contributed by atoms with E-state index in [0.717, 1.165) is 11.6 Å². The van der Waals surface area contributed by atoms with Crippen LogP contribution in [0.15, 0.2) is 28.9 Å². The van der Waals surface area contributed by atoms with Crippen LogP contribution in [0.25, 0.3) is 0 Å². The molecule has 9 heteroatoms. The Kier molecular flexibility index (Phi) is 5.55. The second-order valence-electron chi connectivity index (χ2n) is 8.33. The minimum atomic E-state index is -0.667. The number of likely N-dealkylation sites (tertiary alicyclic amines) is 1. The highest BCUT2D eigenvalue weighted by Gasteiger charge is 2.47. The van der Waals surface area contributed by atoms with Crippen molar-refractivity contribution in [2.75, 3.05) is 13.1 Å². The molecule has 2 aliphatic heterocycles. The molecule has 1 fully saturated rings. The number of imidazole rings is 1. The lowest BCUT2D eigenvalue weighted by atomic mass is 9.88. The number of carbonyl (C=O) groups is 2. The molecule has 162 valence electrons. The average molecular weight is 415 g/mol. The maximum absolute atomic E-state index is 12.8. The second kappa shape index (κ2) is 8.14. The molecule has 1 saturated heterocycles. The van der Waals surface area contributed by atoms with Gasteiger partial charge in [-0.1, -0.05) is 0 Å². The lowest BCUT2D eigenvalue weighted by Gasteiger charge is -2.45. The number of aryl methyl sites for hydroxylation is 1. The van der Waals surface area contributed by atoms with E-state index in [-0.39, 0.29) is 18.0 Å². The van der Waals surface area contributed by atoms with E-state index >= 15 is 0 Å². The molecule has 1 spiro atoms. The molecule has 2 N–H and O–H groups in total. The Morgan fingerprint density at radius 2 is 2.07 bits per heavy atom. The molecule has 0 saturated carbocycles. The summed E-state index contributed by atoms with van der Waals surface area (Å²) in [6, 6.07) is 3.74. The van der Waals surface area contributed by atoms with Crippen molar-refractivity contribution in [1.29, 1.82) is 0 Å². The fourth-order valence-corrected chi connectivity index (χ4v) is 4.15. The van der Waals surface area contributed by atoms with Crippen LogP contribution in [0, 0.1) is 6.92 Å². The van der Waals surface area contributed by atoms with Crippen LogP contribution in [-0.2, 0) is 28.2 Å². The number of piperidine rings is 1. The normalized spacial score (nSPS) is 20.3. The first-order chi connectivity index (χ1) is 14.4. The molecule has 2 aliphatic rings. The van der Waals surface area contributed by atoms with Crippen molar-refractivity contribution < 1.29 is 18.7 Å². The number of nitrogens with zero attached hydrogens (tertiary/aromatic N) is 3. The molecule has 30 heavy (non-hydrogen) atoms. The Balaban J connectivity index is 1.44. The average Bonchev–Trinajstić information content (AvgIpc) is 3.35. The van der Waals surface area contributed by atoms with Crippen molar-refractivity contribution in [3.05, 3.63) is 41.9 Å². The van der Waals surface area contributed by atoms with Crippen LogP contribution in [-0.4, -0.2) is 51.6 Å². The zero-order chi connectivity index (χ0) is 21.3. The van der Waals surface area contributed by atoms with E-state index in [1.54, 1.807) is 11.1 Å². The van der Waals surface area contributed by atoms with Crippen molar-refractivity contribution in [3.8, 4) is 0 Å². The van der Waals surface area contributed by atoms with Gasteiger partial charge in [0, 0.05) is 44.4 Å². The third-order valence-electron chi connectivity index (χ3n) is 5.65. The van der Waals surface area contributed by atoms with E-state index in [0.29, 0.717) is 44.8 Å². The van der Waals surface area contributed by atoms with Crippen molar-refractivity contribution in [3.63, 3.8) is 0 Å². The molecule has 4 rings (SSSR count). The first-order valence-corrected chi connectivity index (χ1v) is 10.4. The molecule has 3 amide bonds. The summed E-state index contributed by atoms with van der Waals surface area (Å²) in [6.07, 6.45) is 4.18. The standard InChI is InChI=1S/C21H29N5O4/c1-14(2)24-20(28)25-9-6-21(7-10-25)19-22-8-11-26(19)13-17(30-21)18(27)23-12-16-5-4-15(3)29-16/h4-5,8,11,14,17H,6-7,9-10,12-13H2,1-3H3,(H,23,27)(H,24,28). The van der Waals surface area contributed by atoms with Crippen LogP contribution in [0.5, 0.6) is 0 Å². The van der Waals surface area contributed by atoms with E-state index in [1.165, 1.54) is 0 Å². The first-order valence-electron chi connectivity index (χ1n) is 10.4. The van der Waals surface area contributed by atoms with E-state index < -0.39 is 11.7 Å². The van der Waals surface area contributed by atoms with Crippen LogP contribution in [0.4, 0.5) is 4.79 Å². The van der Waals surface area contributed by atoms with Gasteiger partial charge in [-0.3, -0.25) is 4.79 Å². The third-order valence-corrected chi connectivity index (χ3v) is 5.65. The van der Waals surface area contributed by atoms with Gasteiger partial charge in [0.2, 0.25) is 0 Å². The highest BCUT2D eigenvalue weighted by atomic mass is 16.5. The lowest BCUT2D eigenvalue weighted by Crippen LogP contribution is -2.56. The summed E-state index contributed by atoms with van der Waals surface area (Å²) in [5.74, 6) is 2.17.